The van der Waals surface area contributed by atoms with E-state index in [1.54, 1.807) is 4.68 Å². The van der Waals surface area contributed by atoms with Crippen LogP contribution in [0.4, 0.5) is 0 Å². The lowest BCUT2D eigenvalue weighted by Gasteiger charge is -2.14. The van der Waals surface area contributed by atoms with E-state index in [2.05, 4.69) is 21.8 Å². The Morgan fingerprint density at radius 2 is 2.39 bits per heavy atom. The third kappa shape index (κ3) is 3.43. The van der Waals surface area contributed by atoms with Gasteiger partial charge in [0, 0.05) is 18.8 Å². The summed E-state index contributed by atoms with van der Waals surface area (Å²) in [6.07, 6.45) is 3.16. The molecule has 1 aliphatic heterocycles. The summed E-state index contributed by atoms with van der Waals surface area (Å²) in [6.45, 7) is 6.75. The number of carbonyl (C=O) groups excluding carboxylic acids is 1. The van der Waals surface area contributed by atoms with Crippen LogP contribution in [0.5, 0.6) is 0 Å². The van der Waals surface area contributed by atoms with E-state index in [0.717, 1.165) is 30.9 Å². The van der Waals surface area contributed by atoms with Gasteiger partial charge in [0.2, 0.25) is 5.91 Å². The van der Waals surface area contributed by atoms with E-state index in [1.807, 2.05) is 19.9 Å². The van der Waals surface area contributed by atoms with Crippen molar-refractivity contribution in [3.63, 3.8) is 0 Å². The molecule has 2 rings (SSSR count). The minimum absolute atomic E-state index is 0.0145. The first-order valence-corrected chi connectivity index (χ1v) is 6.31. The number of nitrogens with one attached hydrogen (secondary N) is 2. The van der Waals surface area contributed by atoms with Crippen molar-refractivity contribution in [3.8, 4) is 0 Å². The molecule has 0 saturated heterocycles. The summed E-state index contributed by atoms with van der Waals surface area (Å²) in [5, 5.41) is 10.5. The summed E-state index contributed by atoms with van der Waals surface area (Å²) in [6, 6.07) is 1.97. The zero-order valence-electron chi connectivity index (χ0n) is 11.0. The van der Waals surface area contributed by atoms with Gasteiger partial charge in [0.05, 0.1) is 5.69 Å². The number of carbonyl (C=O) groups is 1. The first-order valence-electron chi connectivity index (χ1n) is 6.31. The van der Waals surface area contributed by atoms with Crippen LogP contribution in [-0.4, -0.2) is 35.3 Å². The van der Waals surface area contributed by atoms with Gasteiger partial charge in [0.15, 0.2) is 0 Å². The molecule has 1 aliphatic rings. The number of hydrogen-bond acceptors (Lipinski definition) is 3. The van der Waals surface area contributed by atoms with Crippen LogP contribution in [0.2, 0.25) is 0 Å². The van der Waals surface area contributed by atoms with Crippen LogP contribution in [0.1, 0.15) is 17.8 Å². The van der Waals surface area contributed by atoms with Crippen molar-refractivity contribution in [1.29, 1.82) is 0 Å². The lowest BCUT2D eigenvalue weighted by atomic mass is 10.1. The molecule has 2 heterocycles. The fourth-order valence-electron chi connectivity index (χ4n) is 2.07. The highest BCUT2D eigenvalue weighted by Crippen LogP contribution is 2.03. The first-order chi connectivity index (χ1) is 8.65. The molecule has 2 N–H and O–H groups in total. The molecular formula is C13H20N4O. The molecule has 1 aromatic rings. The van der Waals surface area contributed by atoms with Gasteiger partial charge in [-0.2, -0.15) is 5.10 Å². The van der Waals surface area contributed by atoms with Crippen LogP contribution in [0.25, 0.3) is 0 Å². The summed E-state index contributed by atoms with van der Waals surface area (Å²) in [5.74, 6) is 0.0145. The van der Waals surface area contributed by atoms with E-state index < -0.39 is 0 Å². The summed E-state index contributed by atoms with van der Waals surface area (Å²) in [7, 11) is 0. The van der Waals surface area contributed by atoms with Gasteiger partial charge in [0.1, 0.15) is 6.54 Å². The van der Waals surface area contributed by atoms with E-state index >= 15 is 0 Å². The molecule has 1 aromatic heterocycles. The molecule has 0 atom stereocenters. The maximum Gasteiger partial charge on any atom is 0.241 e. The van der Waals surface area contributed by atoms with Gasteiger partial charge in [-0.25, -0.2) is 0 Å². The Morgan fingerprint density at radius 3 is 3.00 bits per heavy atom. The second-order valence-electron chi connectivity index (χ2n) is 4.68. The molecule has 0 radical (unpaired) electrons. The zero-order valence-corrected chi connectivity index (χ0v) is 11.0. The average Bonchev–Trinajstić information content (AvgIpc) is 2.67. The predicted octanol–water partition coefficient (Wildman–Crippen LogP) is 0.536. The quantitative estimate of drug-likeness (QED) is 0.764. The van der Waals surface area contributed by atoms with Gasteiger partial charge < -0.3 is 10.6 Å². The fourth-order valence-corrected chi connectivity index (χ4v) is 2.07. The van der Waals surface area contributed by atoms with E-state index in [0.29, 0.717) is 13.1 Å². The van der Waals surface area contributed by atoms with Gasteiger partial charge in [0.25, 0.3) is 0 Å². The minimum atomic E-state index is 0.0145. The highest BCUT2D eigenvalue weighted by Gasteiger charge is 2.08. The number of nitrogens with zero attached hydrogens (tertiary/aromatic N) is 2. The van der Waals surface area contributed by atoms with Crippen LogP contribution in [0, 0.1) is 13.8 Å². The zero-order chi connectivity index (χ0) is 13.0. The van der Waals surface area contributed by atoms with Crippen LogP contribution in [0.15, 0.2) is 17.7 Å². The van der Waals surface area contributed by atoms with Crippen molar-refractivity contribution < 1.29 is 4.79 Å². The lowest BCUT2D eigenvalue weighted by molar-refractivity contribution is -0.121. The average molecular weight is 248 g/mol. The smallest absolute Gasteiger partial charge is 0.241 e. The molecule has 0 unspecified atom stereocenters. The number of rotatable bonds is 4. The Balaban J connectivity index is 1.82. The Hall–Kier alpha value is -1.62. The monoisotopic (exact) mass is 248 g/mol. The van der Waals surface area contributed by atoms with Crippen molar-refractivity contribution in [2.45, 2.75) is 26.8 Å². The van der Waals surface area contributed by atoms with Crippen molar-refractivity contribution in [2.75, 3.05) is 19.6 Å². The third-order valence-corrected chi connectivity index (χ3v) is 3.07. The molecule has 0 bridgehead atoms. The Morgan fingerprint density at radius 1 is 1.56 bits per heavy atom. The number of hydrogen-bond donors (Lipinski definition) is 2. The molecule has 1 amide bonds. The standard InChI is InChI=1S/C13H20N4O/c1-10-7-11(2)17(16-10)9-13(18)15-8-12-3-5-14-6-4-12/h3,7,14H,4-6,8-9H2,1-2H3,(H,15,18). The molecule has 0 spiro atoms. The SMILES string of the molecule is Cc1cc(C)n(CC(=O)NCC2=CCNCC2)n1. The molecule has 0 fully saturated rings. The van der Waals surface area contributed by atoms with Crippen LogP contribution >= 0.6 is 0 Å². The topological polar surface area (TPSA) is 59.0 Å². The van der Waals surface area contributed by atoms with E-state index in [-0.39, 0.29) is 5.91 Å². The summed E-state index contributed by atoms with van der Waals surface area (Å²) in [5.41, 5.74) is 3.26. The summed E-state index contributed by atoms with van der Waals surface area (Å²) < 4.78 is 1.74. The normalized spacial score (nSPS) is 15.3. The Labute approximate surface area is 107 Å². The van der Waals surface area contributed by atoms with Crippen LogP contribution < -0.4 is 10.6 Å². The highest BCUT2D eigenvalue weighted by atomic mass is 16.2. The Bertz CT molecular complexity index is 462. The van der Waals surface area contributed by atoms with Crippen molar-refractivity contribution in [3.05, 3.63) is 29.1 Å². The van der Waals surface area contributed by atoms with Crippen molar-refractivity contribution in [1.82, 2.24) is 20.4 Å². The van der Waals surface area contributed by atoms with E-state index in [9.17, 15) is 4.79 Å². The van der Waals surface area contributed by atoms with Gasteiger partial charge in [-0.3, -0.25) is 9.48 Å². The number of amides is 1. The minimum Gasteiger partial charge on any atom is -0.351 e. The molecule has 5 heteroatoms. The van der Waals surface area contributed by atoms with E-state index in [4.69, 9.17) is 0 Å². The molecular weight excluding hydrogens is 228 g/mol. The second-order valence-corrected chi connectivity index (χ2v) is 4.68. The summed E-state index contributed by atoms with van der Waals surface area (Å²) >= 11 is 0. The van der Waals surface area contributed by atoms with Crippen LogP contribution in [0.3, 0.4) is 0 Å². The largest absolute Gasteiger partial charge is 0.351 e. The van der Waals surface area contributed by atoms with E-state index in [1.165, 1.54) is 5.57 Å². The molecule has 5 nitrogen and oxygen atoms in total. The molecule has 0 saturated carbocycles. The molecule has 18 heavy (non-hydrogen) atoms. The second kappa shape index (κ2) is 5.82. The first kappa shape index (κ1) is 12.8. The maximum absolute atomic E-state index is 11.8. The van der Waals surface area contributed by atoms with Crippen LogP contribution in [-0.2, 0) is 11.3 Å². The summed E-state index contributed by atoms with van der Waals surface area (Å²) in [4.78, 5) is 11.8. The predicted molar refractivity (Wildman–Crippen MR) is 70.3 cm³/mol. The van der Waals surface area contributed by atoms with Gasteiger partial charge in [-0.05, 0) is 32.9 Å². The van der Waals surface area contributed by atoms with Crippen molar-refractivity contribution in [2.24, 2.45) is 0 Å². The van der Waals surface area contributed by atoms with Gasteiger partial charge in [-0.1, -0.05) is 11.6 Å². The number of aryl methyl sites for hydroxylation is 2. The molecule has 98 valence electrons. The third-order valence-electron chi connectivity index (χ3n) is 3.07. The molecule has 0 aliphatic carbocycles. The fraction of sp³-hybridized carbons (Fsp3) is 0.538. The van der Waals surface area contributed by atoms with Crippen molar-refractivity contribution >= 4 is 5.91 Å². The Kier molecular flexibility index (Phi) is 4.15. The molecule has 0 aromatic carbocycles. The lowest BCUT2D eigenvalue weighted by Crippen LogP contribution is -2.32. The number of aromatic nitrogens is 2. The van der Waals surface area contributed by atoms with Gasteiger partial charge in [-0.15, -0.1) is 0 Å². The highest BCUT2D eigenvalue weighted by molar-refractivity contribution is 5.76. The maximum atomic E-state index is 11.8. The van der Waals surface area contributed by atoms with Gasteiger partial charge >= 0.3 is 0 Å².